The monoisotopic (exact) mass is 642 g/mol. The molecule has 2 aromatic carbocycles. The highest BCUT2D eigenvalue weighted by molar-refractivity contribution is 6.00. The van der Waals surface area contributed by atoms with E-state index in [4.69, 9.17) is 9.47 Å². The number of rotatable bonds is 6. The van der Waals surface area contributed by atoms with E-state index in [-0.39, 0.29) is 57.6 Å². The number of ketones is 3. The molecule has 0 heterocycles. The molecule has 250 valence electrons. The summed E-state index contributed by atoms with van der Waals surface area (Å²) in [5.41, 5.74) is 2.19. The van der Waals surface area contributed by atoms with Gasteiger partial charge in [-0.05, 0) is 111 Å². The predicted molar refractivity (Wildman–Crippen MR) is 177 cm³/mol. The van der Waals surface area contributed by atoms with Gasteiger partial charge in [0.15, 0.2) is 23.0 Å². The fraction of sp³-hybridized carbons (Fsp3) is 0.487. The van der Waals surface area contributed by atoms with Crippen LogP contribution in [-0.2, 0) is 25.5 Å². The number of carbonyl (C=O) groups is 4. The Hall–Kier alpha value is -4.20. The summed E-state index contributed by atoms with van der Waals surface area (Å²) in [5.74, 6) is 1.27. The third-order valence-corrected chi connectivity index (χ3v) is 11.6. The van der Waals surface area contributed by atoms with Crippen LogP contribution in [-0.4, -0.2) is 46.2 Å². The summed E-state index contributed by atoms with van der Waals surface area (Å²) >= 11 is 0. The summed E-state index contributed by atoms with van der Waals surface area (Å²) in [5, 5.41) is 18.8. The van der Waals surface area contributed by atoms with Crippen LogP contribution in [0, 0.1) is 28.6 Å². The Morgan fingerprint density at radius 1 is 0.936 bits per heavy atom. The Bertz CT molecular complexity index is 1650. The van der Waals surface area contributed by atoms with Gasteiger partial charge in [-0.3, -0.25) is 19.2 Å². The van der Waals surface area contributed by atoms with Crippen molar-refractivity contribution in [3.63, 3.8) is 0 Å². The van der Waals surface area contributed by atoms with Crippen molar-refractivity contribution in [3.05, 3.63) is 76.9 Å². The molecule has 0 bridgehead atoms. The maximum absolute atomic E-state index is 12.8. The molecule has 2 fully saturated rings. The Balaban J connectivity index is 0.000000199. The van der Waals surface area contributed by atoms with E-state index >= 15 is 0 Å². The van der Waals surface area contributed by atoms with E-state index in [1.807, 2.05) is 6.08 Å². The largest absolute Gasteiger partial charge is 0.508 e. The van der Waals surface area contributed by atoms with Crippen LogP contribution in [0.1, 0.15) is 89.1 Å². The normalized spacial score (nSPS) is 30.7. The minimum absolute atomic E-state index is 0.0160. The topological polar surface area (TPSA) is 127 Å². The van der Waals surface area contributed by atoms with Gasteiger partial charge in [-0.1, -0.05) is 37.6 Å². The first kappa shape index (κ1) is 34.1. The molecule has 2 aromatic rings. The maximum Gasteiger partial charge on any atom is 0.303 e. The average Bonchev–Trinajstić information content (AvgIpc) is 3.31. The van der Waals surface area contributed by atoms with Gasteiger partial charge in [0, 0.05) is 31.2 Å². The van der Waals surface area contributed by atoms with E-state index in [9.17, 15) is 29.4 Å². The quantitative estimate of drug-likeness (QED) is 0.252. The molecule has 0 aliphatic heterocycles. The zero-order valence-corrected chi connectivity index (χ0v) is 28.2. The van der Waals surface area contributed by atoms with Crippen LogP contribution in [0.2, 0.25) is 0 Å². The number of ether oxygens (including phenoxy) is 2. The van der Waals surface area contributed by atoms with E-state index in [1.54, 1.807) is 38.3 Å². The van der Waals surface area contributed by atoms with E-state index in [2.05, 4.69) is 26.8 Å². The lowest BCUT2D eigenvalue weighted by atomic mass is 9.47. The van der Waals surface area contributed by atoms with Gasteiger partial charge in [-0.2, -0.15) is 0 Å². The van der Waals surface area contributed by atoms with Crippen molar-refractivity contribution in [3.8, 4) is 17.2 Å². The molecule has 0 radical (unpaired) electrons. The van der Waals surface area contributed by atoms with Crippen molar-refractivity contribution in [2.75, 3.05) is 7.11 Å². The number of methoxy groups -OCH3 is 1. The zero-order valence-electron chi connectivity index (χ0n) is 28.2. The first-order valence-electron chi connectivity index (χ1n) is 16.5. The SMILES string of the molecule is CC(=O)OC1(C(C)=O)CCC2C3C=C(C)C4=CC(=O)CCC4(C)C3CCC21C.COc1ccc(CC(=O)c2ccc(O)cc2O)cc1. The van der Waals surface area contributed by atoms with Crippen LogP contribution >= 0.6 is 0 Å². The molecule has 8 nitrogen and oxygen atoms in total. The molecule has 0 amide bonds. The van der Waals surface area contributed by atoms with Gasteiger partial charge in [-0.15, -0.1) is 0 Å². The molecular formula is C39H46O8. The predicted octanol–water partition coefficient (Wildman–Crippen LogP) is 7.11. The smallest absolute Gasteiger partial charge is 0.303 e. The second kappa shape index (κ2) is 12.8. The summed E-state index contributed by atoms with van der Waals surface area (Å²) < 4.78 is 10.9. The molecule has 0 aromatic heterocycles. The van der Waals surface area contributed by atoms with Crippen LogP contribution in [0.3, 0.4) is 0 Å². The van der Waals surface area contributed by atoms with Gasteiger partial charge >= 0.3 is 5.97 Å². The summed E-state index contributed by atoms with van der Waals surface area (Å²) in [6.45, 7) is 9.63. The first-order valence-corrected chi connectivity index (χ1v) is 16.5. The zero-order chi connectivity index (χ0) is 34.3. The molecule has 6 unspecified atom stereocenters. The van der Waals surface area contributed by atoms with Crippen molar-refractivity contribution in [2.45, 2.75) is 85.2 Å². The molecular weight excluding hydrogens is 596 g/mol. The molecule has 6 atom stereocenters. The number of allylic oxidation sites excluding steroid dienone is 4. The number of phenolic OH excluding ortho intramolecular Hbond substituents is 2. The Morgan fingerprint density at radius 2 is 1.62 bits per heavy atom. The summed E-state index contributed by atoms with van der Waals surface area (Å²) in [6, 6.07) is 11.1. The third kappa shape index (κ3) is 6.03. The van der Waals surface area contributed by atoms with Crippen LogP contribution < -0.4 is 4.74 Å². The highest BCUT2D eigenvalue weighted by Gasteiger charge is 2.67. The second-order valence-electron chi connectivity index (χ2n) is 14.2. The van der Waals surface area contributed by atoms with Crippen LogP contribution in [0.4, 0.5) is 0 Å². The van der Waals surface area contributed by atoms with Crippen molar-refractivity contribution >= 4 is 23.3 Å². The number of hydrogen-bond donors (Lipinski definition) is 2. The average molecular weight is 643 g/mol. The van der Waals surface area contributed by atoms with E-state index in [1.165, 1.54) is 30.2 Å². The molecule has 0 saturated heterocycles. The molecule has 47 heavy (non-hydrogen) atoms. The number of carbonyl (C=O) groups excluding carboxylic acids is 4. The van der Waals surface area contributed by atoms with E-state index < -0.39 is 5.60 Å². The minimum Gasteiger partial charge on any atom is -0.508 e. The number of hydrogen-bond acceptors (Lipinski definition) is 8. The van der Waals surface area contributed by atoms with Gasteiger partial charge in [-0.25, -0.2) is 0 Å². The van der Waals surface area contributed by atoms with E-state index in [0.29, 0.717) is 30.6 Å². The van der Waals surface area contributed by atoms with Crippen molar-refractivity contribution in [2.24, 2.45) is 28.6 Å². The minimum atomic E-state index is -0.990. The van der Waals surface area contributed by atoms with Gasteiger partial charge in [0.25, 0.3) is 0 Å². The van der Waals surface area contributed by atoms with Crippen LogP contribution in [0.25, 0.3) is 0 Å². The summed E-state index contributed by atoms with van der Waals surface area (Å²) in [4.78, 5) is 48.8. The molecule has 4 aliphatic rings. The highest BCUT2D eigenvalue weighted by Crippen LogP contribution is 2.67. The third-order valence-electron chi connectivity index (χ3n) is 11.6. The second-order valence-corrected chi connectivity index (χ2v) is 14.2. The fourth-order valence-corrected chi connectivity index (χ4v) is 9.26. The van der Waals surface area contributed by atoms with Crippen LogP contribution in [0.15, 0.2) is 65.8 Å². The molecule has 2 N–H and O–H groups in total. The number of phenols is 2. The lowest BCUT2D eigenvalue weighted by Crippen LogP contribution is -2.58. The van der Waals surface area contributed by atoms with Gasteiger partial charge in [0.05, 0.1) is 12.7 Å². The number of fused-ring (bicyclic) bond motifs is 5. The lowest BCUT2D eigenvalue weighted by molar-refractivity contribution is -0.185. The van der Waals surface area contributed by atoms with E-state index in [0.717, 1.165) is 43.1 Å². The standard InChI is InChI=1S/C24H32O4.C15H14O4/c1-14-12-18-19(22(4)9-6-17(27)13-21(14)22)7-10-23(5)20(18)8-11-24(23,15(2)25)28-16(3)26;1-19-12-5-2-10(3-6-12)8-14(17)13-7-4-11(16)9-15(13)18/h12-13,18-20H,6-11H2,1-5H3;2-7,9,16,18H,8H2,1H3. The molecule has 0 spiro atoms. The first-order chi connectivity index (χ1) is 22.1. The number of Topliss-reactive ketones (excluding diaryl/α,β-unsaturated/α-hetero) is 2. The lowest BCUT2D eigenvalue weighted by Gasteiger charge is -2.58. The summed E-state index contributed by atoms with van der Waals surface area (Å²) in [6.07, 6.45) is 9.38. The van der Waals surface area contributed by atoms with Crippen molar-refractivity contribution in [1.29, 1.82) is 0 Å². The Morgan fingerprint density at radius 3 is 2.23 bits per heavy atom. The fourth-order valence-electron chi connectivity index (χ4n) is 9.26. The van der Waals surface area contributed by atoms with Crippen molar-refractivity contribution in [1.82, 2.24) is 0 Å². The summed E-state index contributed by atoms with van der Waals surface area (Å²) in [7, 11) is 1.58. The highest BCUT2D eigenvalue weighted by atomic mass is 16.6. The Labute approximate surface area is 276 Å². The molecule has 2 saturated carbocycles. The van der Waals surface area contributed by atoms with Gasteiger partial charge < -0.3 is 19.7 Å². The maximum atomic E-state index is 12.8. The molecule has 8 heteroatoms. The number of benzene rings is 2. The Kier molecular flexibility index (Phi) is 9.28. The molecule has 6 rings (SSSR count). The van der Waals surface area contributed by atoms with Gasteiger partial charge in [0.1, 0.15) is 17.2 Å². The number of esters is 1. The molecule has 4 aliphatic carbocycles. The number of aromatic hydroxyl groups is 2. The van der Waals surface area contributed by atoms with Crippen LogP contribution in [0.5, 0.6) is 17.2 Å². The van der Waals surface area contributed by atoms with Gasteiger partial charge in [0.2, 0.25) is 0 Å². The van der Waals surface area contributed by atoms with Crippen molar-refractivity contribution < 1.29 is 38.9 Å².